The summed E-state index contributed by atoms with van der Waals surface area (Å²) in [5, 5.41) is 0. The Morgan fingerprint density at radius 3 is 2.22 bits per heavy atom. The monoisotopic (exact) mass is 526 g/mol. The molecule has 3 rings (SSSR count). The molecule has 0 saturated heterocycles. The van der Waals surface area contributed by atoms with Crippen LogP contribution in [0.15, 0.2) is 66.7 Å². The molecule has 5 nitrogen and oxygen atoms in total. The van der Waals surface area contributed by atoms with E-state index in [1.807, 2.05) is 18.2 Å². The molecule has 37 heavy (non-hydrogen) atoms. The fraction of sp³-hybridized carbons (Fsp3) is 0.269. The maximum Gasteiger partial charge on any atom is 0.416 e. The maximum absolute atomic E-state index is 13.4. The molecule has 1 amide bonds. The van der Waals surface area contributed by atoms with Crippen LogP contribution in [0.25, 0.3) is 0 Å². The number of alkyl halides is 6. The molecular weight excluding hydrogens is 502 g/mol. The fourth-order valence-electron chi connectivity index (χ4n) is 3.48. The number of amides is 1. The van der Waals surface area contributed by atoms with Crippen LogP contribution in [0.3, 0.4) is 0 Å². The fourth-order valence-corrected chi connectivity index (χ4v) is 3.48. The Labute approximate surface area is 209 Å². The Morgan fingerprint density at radius 1 is 0.892 bits per heavy atom. The van der Waals surface area contributed by atoms with Gasteiger partial charge in [0.15, 0.2) is 11.5 Å². The molecule has 0 unspecified atom stereocenters. The van der Waals surface area contributed by atoms with Gasteiger partial charge >= 0.3 is 12.4 Å². The van der Waals surface area contributed by atoms with E-state index in [1.165, 1.54) is 13.2 Å². The molecule has 1 atom stereocenters. The van der Waals surface area contributed by atoms with Crippen molar-refractivity contribution in [3.05, 3.63) is 89.0 Å². The highest BCUT2D eigenvalue weighted by Crippen LogP contribution is 2.38. The van der Waals surface area contributed by atoms with Gasteiger partial charge in [0, 0.05) is 11.5 Å². The molecule has 0 aliphatic heterocycles. The van der Waals surface area contributed by atoms with Gasteiger partial charge < -0.3 is 9.47 Å². The first-order valence-corrected chi connectivity index (χ1v) is 11.1. The molecule has 0 fully saturated rings. The predicted molar refractivity (Wildman–Crippen MR) is 125 cm³/mol. The highest BCUT2D eigenvalue weighted by molar-refractivity contribution is 5.79. The third kappa shape index (κ3) is 7.55. The number of methoxy groups -OCH3 is 1. The lowest BCUT2D eigenvalue weighted by molar-refractivity contribution is -0.143. The quantitative estimate of drug-likeness (QED) is 0.243. The van der Waals surface area contributed by atoms with Crippen molar-refractivity contribution in [3.8, 4) is 11.5 Å². The number of para-hydroxylation sites is 1. The summed E-state index contributed by atoms with van der Waals surface area (Å²) in [7, 11) is 1.34. The predicted octanol–water partition coefficient (Wildman–Crippen LogP) is 6.63. The molecule has 198 valence electrons. The number of hydrogen-bond acceptors (Lipinski definition) is 4. The number of hydrogen-bond donors (Lipinski definition) is 2. The van der Waals surface area contributed by atoms with E-state index in [0.29, 0.717) is 23.7 Å². The minimum atomic E-state index is -5.00. The standard InChI is InChI=1S/C26H24F6N2O3/c1-16(24(35)34-33-20-6-4-3-5-7-20)12-17-8-11-22(23(13-17)36-2)37-15-18-9-10-19(25(27,28)29)14-21(18)26(30,31)32/h3-11,13-14,16,33H,12,15H2,1-2H3,(H,34,35)/t16-/m1/s1. The average molecular weight is 526 g/mol. The molecule has 0 radical (unpaired) electrons. The first-order valence-electron chi connectivity index (χ1n) is 11.1. The molecule has 0 aliphatic rings. The third-order valence-electron chi connectivity index (χ3n) is 5.45. The van der Waals surface area contributed by atoms with Crippen LogP contribution >= 0.6 is 0 Å². The topological polar surface area (TPSA) is 59.6 Å². The Morgan fingerprint density at radius 2 is 1.59 bits per heavy atom. The van der Waals surface area contributed by atoms with Crippen LogP contribution in [-0.4, -0.2) is 13.0 Å². The lowest BCUT2D eigenvalue weighted by atomic mass is 10.00. The molecule has 3 aromatic rings. The van der Waals surface area contributed by atoms with Crippen LogP contribution in [0.4, 0.5) is 32.0 Å². The highest BCUT2D eigenvalue weighted by atomic mass is 19.4. The first-order chi connectivity index (χ1) is 17.4. The second-order valence-electron chi connectivity index (χ2n) is 8.23. The third-order valence-corrected chi connectivity index (χ3v) is 5.45. The molecule has 0 bridgehead atoms. The Kier molecular flexibility index (Phi) is 8.57. The molecule has 11 heteroatoms. The van der Waals surface area contributed by atoms with Crippen LogP contribution in [0.5, 0.6) is 11.5 Å². The number of anilines is 1. The lowest BCUT2D eigenvalue weighted by Gasteiger charge is -2.18. The first kappa shape index (κ1) is 27.7. The Hall–Kier alpha value is -3.89. The summed E-state index contributed by atoms with van der Waals surface area (Å²) in [6.07, 6.45) is -9.58. The number of rotatable bonds is 9. The zero-order valence-electron chi connectivity index (χ0n) is 19.8. The number of carbonyl (C=O) groups excluding carboxylic acids is 1. The summed E-state index contributed by atoms with van der Waals surface area (Å²) >= 11 is 0. The zero-order valence-corrected chi connectivity index (χ0v) is 19.8. The van der Waals surface area contributed by atoms with Gasteiger partial charge in [0.25, 0.3) is 0 Å². The van der Waals surface area contributed by atoms with E-state index in [9.17, 15) is 31.1 Å². The molecule has 0 heterocycles. The van der Waals surface area contributed by atoms with Crippen molar-refractivity contribution in [2.24, 2.45) is 5.92 Å². The van der Waals surface area contributed by atoms with E-state index >= 15 is 0 Å². The molecule has 0 spiro atoms. The van der Waals surface area contributed by atoms with E-state index in [1.54, 1.807) is 31.2 Å². The summed E-state index contributed by atoms with van der Waals surface area (Å²) in [4.78, 5) is 12.4. The summed E-state index contributed by atoms with van der Waals surface area (Å²) in [5.74, 6) is -0.394. The highest BCUT2D eigenvalue weighted by Gasteiger charge is 2.38. The van der Waals surface area contributed by atoms with E-state index in [4.69, 9.17) is 9.47 Å². The minimum absolute atomic E-state index is 0.0676. The molecule has 0 saturated carbocycles. The van der Waals surface area contributed by atoms with Gasteiger partial charge in [-0.15, -0.1) is 0 Å². The summed E-state index contributed by atoms with van der Waals surface area (Å²) in [6.45, 7) is 1.09. The number of carbonyl (C=O) groups is 1. The van der Waals surface area contributed by atoms with Gasteiger partial charge in [0.05, 0.1) is 23.9 Å². The van der Waals surface area contributed by atoms with Crippen LogP contribution in [0.1, 0.15) is 29.2 Å². The van der Waals surface area contributed by atoms with Gasteiger partial charge in [-0.25, -0.2) is 0 Å². The Bertz CT molecular complexity index is 1210. The van der Waals surface area contributed by atoms with E-state index in [0.717, 1.165) is 6.07 Å². The summed E-state index contributed by atoms with van der Waals surface area (Å²) in [5.41, 5.74) is 3.57. The van der Waals surface area contributed by atoms with Crippen molar-refractivity contribution in [1.29, 1.82) is 0 Å². The Balaban J connectivity index is 1.68. The van der Waals surface area contributed by atoms with Gasteiger partial charge in [-0.1, -0.05) is 37.3 Å². The number of ether oxygens (including phenoxy) is 2. The van der Waals surface area contributed by atoms with Crippen LogP contribution in [0.2, 0.25) is 0 Å². The molecule has 3 aromatic carbocycles. The van der Waals surface area contributed by atoms with Crippen molar-refractivity contribution < 1.29 is 40.6 Å². The van der Waals surface area contributed by atoms with Crippen LogP contribution in [0, 0.1) is 5.92 Å². The van der Waals surface area contributed by atoms with Crippen molar-refractivity contribution in [1.82, 2.24) is 5.43 Å². The maximum atomic E-state index is 13.4. The average Bonchev–Trinajstić information content (AvgIpc) is 2.85. The largest absolute Gasteiger partial charge is 0.493 e. The second-order valence-corrected chi connectivity index (χ2v) is 8.23. The van der Waals surface area contributed by atoms with Gasteiger partial charge in [0.2, 0.25) is 5.91 Å². The van der Waals surface area contributed by atoms with Gasteiger partial charge in [-0.05, 0) is 48.4 Å². The van der Waals surface area contributed by atoms with Crippen molar-refractivity contribution in [3.63, 3.8) is 0 Å². The van der Waals surface area contributed by atoms with Gasteiger partial charge in [-0.2, -0.15) is 26.3 Å². The van der Waals surface area contributed by atoms with Crippen molar-refractivity contribution in [2.75, 3.05) is 12.5 Å². The normalized spacial score (nSPS) is 12.5. The summed E-state index contributed by atoms with van der Waals surface area (Å²) in [6, 6.07) is 15.1. The number of hydrazine groups is 1. The molecular formula is C26H24F6N2O3. The van der Waals surface area contributed by atoms with Crippen molar-refractivity contribution >= 4 is 11.6 Å². The van der Waals surface area contributed by atoms with E-state index < -0.39 is 41.6 Å². The minimum Gasteiger partial charge on any atom is -0.493 e. The van der Waals surface area contributed by atoms with Crippen molar-refractivity contribution in [2.45, 2.75) is 32.3 Å². The SMILES string of the molecule is COc1cc(C[C@@H](C)C(=O)NNc2ccccc2)ccc1OCc1ccc(C(F)(F)F)cc1C(F)(F)F. The van der Waals surface area contributed by atoms with E-state index in [-0.39, 0.29) is 23.5 Å². The van der Waals surface area contributed by atoms with Crippen LogP contribution < -0.4 is 20.3 Å². The van der Waals surface area contributed by atoms with Gasteiger partial charge in [-0.3, -0.25) is 15.6 Å². The molecule has 0 aromatic heterocycles. The number of nitrogens with one attached hydrogen (secondary N) is 2. The van der Waals surface area contributed by atoms with E-state index in [2.05, 4.69) is 10.9 Å². The number of benzene rings is 3. The van der Waals surface area contributed by atoms with Crippen LogP contribution in [-0.2, 0) is 30.2 Å². The zero-order chi connectivity index (χ0) is 27.2. The number of halogens is 6. The summed E-state index contributed by atoms with van der Waals surface area (Å²) < 4.78 is 89.6. The molecule has 2 N–H and O–H groups in total. The lowest BCUT2D eigenvalue weighted by Crippen LogP contribution is -2.34. The van der Waals surface area contributed by atoms with Gasteiger partial charge in [0.1, 0.15) is 6.61 Å². The molecule has 0 aliphatic carbocycles. The smallest absolute Gasteiger partial charge is 0.416 e. The second kappa shape index (κ2) is 11.4.